The molecule has 1 heterocycles. The van der Waals surface area contributed by atoms with Gasteiger partial charge >= 0.3 is 0 Å². The Balaban J connectivity index is 1.72. The van der Waals surface area contributed by atoms with Gasteiger partial charge in [0.05, 0.1) is 0 Å². The van der Waals surface area contributed by atoms with E-state index in [0.717, 1.165) is 43.2 Å². The summed E-state index contributed by atoms with van der Waals surface area (Å²) in [4.78, 5) is 12.9. The summed E-state index contributed by atoms with van der Waals surface area (Å²) < 4.78 is 6.75. The van der Waals surface area contributed by atoms with Crippen molar-refractivity contribution >= 4 is 21.8 Å². The topological polar surface area (TPSA) is 50.4 Å². The second-order valence-corrected chi connectivity index (χ2v) is 8.04. The molecule has 0 aromatic heterocycles. The number of benzene rings is 1. The first-order valence-electron chi connectivity index (χ1n) is 8.91. The fraction of sp³-hybridized carbons (Fsp3) is 0.632. The Labute approximate surface area is 152 Å². The minimum absolute atomic E-state index is 0.0508. The van der Waals surface area contributed by atoms with E-state index in [1.807, 2.05) is 0 Å². The van der Waals surface area contributed by atoms with Gasteiger partial charge in [-0.25, -0.2) is 0 Å². The molecule has 5 heteroatoms. The lowest BCUT2D eigenvalue weighted by molar-refractivity contribution is -0.147. The average molecular weight is 395 g/mol. The van der Waals surface area contributed by atoms with Gasteiger partial charge in [0.15, 0.2) is 0 Å². The second kappa shape index (κ2) is 7.54. The SMILES string of the molecule is COC1(C(=O)NCC2(c3ccc(Br)cc3)CCCC2)CCNCC1. The van der Waals surface area contributed by atoms with Gasteiger partial charge < -0.3 is 15.4 Å². The van der Waals surface area contributed by atoms with Crippen molar-refractivity contribution in [3.8, 4) is 0 Å². The molecule has 1 aromatic rings. The highest BCUT2D eigenvalue weighted by atomic mass is 79.9. The van der Waals surface area contributed by atoms with Crippen molar-refractivity contribution in [2.24, 2.45) is 0 Å². The van der Waals surface area contributed by atoms with Gasteiger partial charge in [-0.05, 0) is 56.5 Å². The number of carbonyl (C=O) groups excluding carboxylic acids is 1. The molecule has 2 fully saturated rings. The Morgan fingerprint density at radius 3 is 2.38 bits per heavy atom. The van der Waals surface area contributed by atoms with Crippen LogP contribution in [0.1, 0.15) is 44.1 Å². The zero-order valence-electron chi connectivity index (χ0n) is 14.4. The lowest BCUT2D eigenvalue weighted by Gasteiger charge is -2.37. The quantitative estimate of drug-likeness (QED) is 0.806. The van der Waals surface area contributed by atoms with Crippen LogP contribution in [0.2, 0.25) is 0 Å². The van der Waals surface area contributed by atoms with E-state index in [1.165, 1.54) is 18.4 Å². The van der Waals surface area contributed by atoms with E-state index < -0.39 is 5.60 Å². The molecule has 4 nitrogen and oxygen atoms in total. The Morgan fingerprint density at radius 1 is 1.17 bits per heavy atom. The van der Waals surface area contributed by atoms with Crippen molar-refractivity contribution in [3.05, 3.63) is 34.3 Å². The van der Waals surface area contributed by atoms with Gasteiger partial charge in [-0.3, -0.25) is 4.79 Å². The monoisotopic (exact) mass is 394 g/mol. The van der Waals surface area contributed by atoms with Crippen molar-refractivity contribution in [2.75, 3.05) is 26.7 Å². The van der Waals surface area contributed by atoms with Crippen LogP contribution in [0, 0.1) is 0 Å². The number of amides is 1. The highest BCUT2D eigenvalue weighted by Gasteiger charge is 2.42. The van der Waals surface area contributed by atoms with Crippen LogP contribution in [-0.4, -0.2) is 38.3 Å². The van der Waals surface area contributed by atoms with E-state index in [-0.39, 0.29) is 11.3 Å². The molecule has 0 radical (unpaired) electrons. The predicted molar refractivity (Wildman–Crippen MR) is 99.1 cm³/mol. The molecule has 1 saturated carbocycles. The highest BCUT2D eigenvalue weighted by Crippen LogP contribution is 2.41. The second-order valence-electron chi connectivity index (χ2n) is 7.13. The minimum atomic E-state index is -0.662. The smallest absolute Gasteiger partial charge is 0.252 e. The van der Waals surface area contributed by atoms with Crippen LogP contribution in [0.15, 0.2) is 28.7 Å². The van der Waals surface area contributed by atoms with Crippen molar-refractivity contribution in [3.63, 3.8) is 0 Å². The molecule has 2 N–H and O–H groups in total. The maximum Gasteiger partial charge on any atom is 0.252 e. The number of hydrogen-bond donors (Lipinski definition) is 2. The molecule has 1 aromatic carbocycles. The fourth-order valence-electron chi connectivity index (χ4n) is 4.19. The number of halogens is 1. The molecule has 1 saturated heterocycles. The summed E-state index contributed by atoms with van der Waals surface area (Å²) in [6.45, 7) is 2.37. The van der Waals surface area contributed by atoms with Gasteiger partial charge in [0, 0.05) is 23.5 Å². The predicted octanol–water partition coefficient (Wildman–Crippen LogP) is 3.15. The van der Waals surface area contributed by atoms with E-state index in [2.05, 4.69) is 50.8 Å². The Morgan fingerprint density at radius 2 is 1.79 bits per heavy atom. The highest BCUT2D eigenvalue weighted by molar-refractivity contribution is 9.10. The van der Waals surface area contributed by atoms with Gasteiger partial charge in [0.25, 0.3) is 5.91 Å². The van der Waals surface area contributed by atoms with Crippen LogP contribution in [0.5, 0.6) is 0 Å². The molecule has 0 bridgehead atoms. The van der Waals surface area contributed by atoms with Crippen molar-refractivity contribution in [1.82, 2.24) is 10.6 Å². The molecule has 0 atom stereocenters. The zero-order valence-corrected chi connectivity index (χ0v) is 16.0. The summed E-state index contributed by atoms with van der Waals surface area (Å²) >= 11 is 3.51. The maximum absolute atomic E-state index is 12.9. The molecule has 24 heavy (non-hydrogen) atoms. The molecular weight excluding hydrogens is 368 g/mol. The minimum Gasteiger partial charge on any atom is -0.368 e. The van der Waals surface area contributed by atoms with Gasteiger partial charge in [-0.1, -0.05) is 40.9 Å². The lowest BCUT2D eigenvalue weighted by atomic mass is 9.78. The first kappa shape index (κ1) is 17.9. The third-order valence-electron chi connectivity index (χ3n) is 5.82. The summed E-state index contributed by atoms with van der Waals surface area (Å²) in [5.41, 5.74) is 0.739. The van der Waals surface area contributed by atoms with E-state index in [9.17, 15) is 4.79 Å². The molecule has 2 aliphatic rings. The number of methoxy groups -OCH3 is 1. The van der Waals surface area contributed by atoms with E-state index in [0.29, 0.717) is 6.54 Å². The molecular formula is C19H27BrN2O2. The van der Waals surface area contributed by atoms with Crippen molar-refractivity contribution < 1.29 is 9.53 Å². The van der Waals surface area contributed by atoms with Crippen LogP contribution in [0.4, 0.5) is 0 Å². The van der Waals surface area contributed by atoms with Crippen LogP contribution in [-0.2, 0) is 14.9 Å². The van der Waals surface area contributed by atoms with Crippen LogP contribution in [0.3, 0.4) is 0 Å². The number of hydrogen-bond acceptors (Lipinski definition) is 3. The first-order valence-corrected chi connectivity index (χ1v) is 9.70. The number of rotatable bonds is 5. The standard InChI is InChI=1S/C19H27BrN2O2/c1-24-19(10-12-21-13-11-19)17(23)22-14-18(8-2-3-9-18)15-4-6-16(20)7-5-15/h4-7,21H,2-3,8-14H2,1H3,(H,22,23). The number of piperidine rings is 1. The molecule has 1 aliphatic carbocycles. The molecule has 132 valence electrons. The van der Waals surface area contributed by atoms with Crippen molar-refractivity contribution in [1.29, 1.82) is 0 Å². The summed E-state index contributed by atoms with van der Waals surface area (Å²) in [6, 6.07) is 8.58. The third-order valence-corrected chi connectivity index (χ3v) is 6.35. The molecule has 0 unspecified atom stereocenters. The Hall–Kier alpha value is -0.910. The summed E-state index contributed by atoms with van der Waals surface area (Å²) in [5.74, 6) is 0.0508. The summed E-state index contributed by atoms with van der Waals surface area (Å²) in [5, 5.41) is 6.54. The van der Waals surface area contributed by atoms with Crippen LogP contribution in [0.25, 0.3) is 0 Å². The lowest BCUT2D eigenvalue weighted by Crippen LogP contribution is -2.55. The van der Waals surface area contributed by atoms with Crippen LogP contribution >= 0.6 is 15.9 Å². The molecule has 3 rings (SSSR count). The first-order chi connectivity index (χ1) is 11.6. The zero-order chi connectivity index (χ0) is 17.0. The molecule has 1 amide bonds. The van der Waals surface area contributed by atoms with Gasteiger partial charge in [-0.2, -0.15) is 0 Å². The largest absolute Gasteiger partial charge is 0.368 e. The Kier molecular flexibility index (Phi) is 5.63. The third kappa shape index (κ3) is 3.53. The van der Waals surface area contributed by atoms with Gasteiger partial charge in [0.1, 0.15) is 5.60 Å². The van der Waals surface area contributed by atoms with E-state index in [4.69, 9.17) is 4.74 Å². The van der Waals surface area contributed by atoms with Crippen molar-refractivity contribution in [2.45, 2.75) is 49.5 Å². The maximum atomic E-state index is 12.9. The van der Waals surface area contributed by atoms with Gasteiger partial charge in [0.2, 0.25) is 0 Å². The molecule has 1 aliphatic heterocycles. The normalized spacial score (nSPS) is 22.2. The van der Waals surface area contributed by atoms with E-state index in [1.54, 1.807) is 7.11 Å². The van der Waals surface area contributed by atoms with Crippen LogP contribution < -0.4 is 10.6 Å². The summed E-state index contributed by atoms with van der Waals surface area (Å²) in [7, 11) is 1.66. The van der Waals surface area contributed by atoms with E-state index >= 15 is 0 Å². The fourth-order valence-corrected chi connectivity index (χ4v) is 4.45. The van der Waals surface area contributed by atoms with Gasteiger partial charge in [-0.15, -0.1) is 0 Å². The number of ether oxygens (including phenoxy) is 1. The summed E-state index contributed by atoms with van der Waals surface area (Å²) in [6.07, 6.45) is 6.20. The molecule has 0 spiro atoms. The number of nitrogens with one attached hydrogen (secondary N) is 2. The number of carbonyl (C=O) groups is 1. The Bertz CT molecular complexity index is 561. The average Bonchev–Trinajstić information content (AvgIpc) is 3.11.